The van der Waals surface area contributed by atoms with E-state index >= 15 is 0 Å². The highest BCUT2D eigenvalue weighted by molar-refractivity contribution is 7.88. The van der Waals surface area contributed by atoms with Crippen molar-refractivity contribution in [3.05, 3.63) is 53.7 Å². The first-order valence-electron chi connectivity index (χ1n) is 8.47. The number of hydrogen-bond donors (Lipinski definition) is 0. The van der Waals surface area contributed by atoms with Crippen molar-refractivity contribution < 1.29 is 8.42 Å². The molecule has 1 atom stereocenters. The third-order valence-electron chi connectivity index (χ3n) is 4.83. The molecule has 6 nitrogen and oxygen atoms in total. The van der Waals surface area contributed by atoms with Gasteiger partial charge in [-0.3, -0.25) is 0 Å². The minimum atomic E-state index is -3.36. The Hall–Kier alpha value is -2.03. The summed E-state index contributed by atoms with van der Waals surface area (Å²) in [5.41, 5.74) is 1.75. The SMILES string of the molecule is CN(C1CCN(c2ncnc3ccsc23)C1)S(=O)(=O)Cc1ccccc1. The summed E-state index contributed by atoms with van der Waals surface area (Å²) in [5.74, 6) is 0.935. The fraction of sp³-hybridized carbons (Fsp3) is 0.333. The van der Waals surface area contributed by atoms with E-state index in [0.29, 0.717) is 6.54 Å². The van der Waals surface area contributed by atoms with Crippen LogP contribution in [0.2, 0.25) is 0 Å². The molecule has 26 heavy (non-hydrogen) atoms. The van der Waals surface area contributed by atoms with E-state index in [1.165, 1.54) is 4.31 Å². The van der Waals surface area contributed by atoms with Crippen LogP contribution in [-0.2, 0) is 15.8 Å². The van der Waals surface area contributed by atoms with Gasteiger partial charge in [0.25, 0.3) is 0 Å². The molecule has 2 aromatic heterocycles. The Kier molecular flexibility index (Phi) is 4.64. The molecule has 1 aliphatic rings. The number of nitrogens with zero attached hydrogens (tertiary/aromatic N) is 4. The summed E-state index contributed by atoms with van der Waals surface area (Å²) in [4.78, 5) is 10.9. The third kappa shape index (κ3) is 3.32. The van der Waals surface area contributed by atoms with Crippen molar-refractivity contribution in [1.29, 1.82) is 0 Å². The number of benzene rings is 1. The highest BCUT2D eigenvalue weighted by Crippen LogP contribution is 2.31. The van der Waals surface area contributed by atoms with Crippen LogP contribution < -0.4 is 4.90 Å². The molecule has 136 valence electrons. The lowest BCUT2D eigenvalue weighted by Gasteiger charge is -2.24. The zero-order valence-electron chi connectivity index (χ0n) is 14.4. The molecule has 0 saturated carbocycles. The number of sulfonamides is 1. The quantitative estimate of drug-likeness (QED) is 0.672. The first-order chi connectivity index (χ1) is 12.5. The molecule has 1 aromatic carbocycles. The summed E-state index contributed by atoms with van der Waals surface area (Å²) in [6.45, 7) is 1.44. The first kappa shape index (κ1) is 17.4. The van der Waals surface area contributed by atoms with Crippen molar-refractivity contribution in [2.24, 2.45) is 0 Å². The lowest BCUT2D eigenvalue weighted by atomic mass is 10.2. The zero-order chi connectivity index (χ0) is 18.1. The molecular weight excluding hydrogens is 368 g/mol. The summed E-state index contributed by atoms with van der Waals surface area (Å²) in [6, 6.07) is 11.2. The van der Waals surface area contributed by atoms with Crippen LogP contribution in [0.15, 0.2) is 48.1 Å². The molecule has 8 heteroatoms. The van der Waals surface area contributed by atoms with Gasteiger partial charge in [-0.1, -0.05) is 30.3 Å². The molecular formula is C18H20N4O2S2. The van der Waals surface area contributed by atoms with E-state index in [9.17, 15) is 8.42 Å². The highest BCUT2D eigenvalue weighted by Gasteiger charge is 2.33. The Balaban J connectivity index is 1.50. The van der Waals surface area contributed by atoms with Gasteiger partial charge in [0.1, 0.15) is 12.1 Å². The van der Waals surface area contributed by atoms with Crippen LogP contribution in [0.1, 0.15) is 12.0 Å². The zero-order valence-corrected chi connectivity index (χ0v) is 16.1. The fourth-order valence-corrected chi connectivity index (χ4v) is 5.65. The summed E-state index contributed by atoms with van der Waals surface area (Å²) in [6.07, 6.45) is 2.37. The number of thiophene rings is 1. The maximum Gasteiger partial charge on any atom is 0.218 e. The van der Waals surface area contributed by atoms with Crippen LogP contribution in [0.25, 0.3) is 10.2 Å². The van der Waals surface area contributed by atoms with Gasteiger partial charge in [-0.15, -0.1) is 11.3 Å². The van der Waals surface area contributed by atoms with Gasteiger partial charge in [-0.2, -0.15) is 4.31 Å². The van der Waals surface area contributed by atoms with E-state index in [2.05, 4.69) is 14.9 Å². The Morgan fingerprint density at radius 2 is 2.04 bits per heavy atom. The lowest BCUT2D eigenvalue weighted by molar-refractivity contribution is 0.389. The van der Waals surface area contributed by atoms with Crippen molar-refractivity contribution in [3.8, 4) is 0 Å². The standard InChI is InChI=1S/C18H20N4O2S2/c1-21(26(23,24)12-14-5-3-2-4-6-14)15-7-9-22(11-15)18-17-16(8-10-25-17)19-13-20-18/h2-6,8,10,13,15H,7,9,11-12H2,1H3. The van der Waals surface area contributed by atoms with Crippen LogP contribution in [0.3, 0.4) is 0 Å². The molecule has 0 amide bonds. The second-order valence-corrected chi connectivity index (χ2v) is 9.42. The Bertz CT molecular complexity index is 1000. The maximum absolute atomic E-state index is 12.8. The second-order valence-electron chi connectivity index (χ2n) is 6.48. The van der Waals surface area contributed by atoms with Crippen LogP contribution in [0.5, 0.6) is 0 Å². The number of fused-ring (bicyclic) bond motifs is 1. The van der Waals surface area contributed by atoms with E-state index in [1.54, 1.807) is 24.7 Å². The molecule has 0 bridgehead atoms. The van der Waals surface area contributed by atoms with Gasteiger partial charge in [0.2, 0.25) is 10.0 Å². The smallest absolute Gasteiger partial charge is 0.218 e. The molecule has 0 aliphatic carbocycles. The molecule has 3 heterocycles. The number of aromatic nitrogens is 2. The van der Waals surface area contributed by atoms with Crippen molar-refractivity contribution >= 4 is 37.4 Å². The van der Waals surface area contributed by atoms with Gasteiger partial charge >= 0.3 is 0 Å². The minimum absolute atomic E-state index is 0.0313. The first-order valence-corrected chi connectivity index (χ1v) is 11.0. The predicted octanol–water partition coefficient (Wildman–Crippen LogP) is 2.73. The second kappa shape index (κ2) is 6.94. The molecule has 0 N–H and O–H groups in total. The molecule has 3 aromatic rings. The highest BCUT2D eigenvalue weighted by atomic mass is 32.2. The van der Waals surface area contributed by atoms with Crippen LogP contribution >= 0.6 is 11.3 Å². The number of rotatable bonds is 5. The molecule has 1 saturated heterocycles. The van der Waals surface area contributed by atoms with Crippen molar-refractivity contribution in [3.63, 3.8) is 0 Å². The summed E-state index contributed by atoms with van der Waals surface area (Å²) in [5, 5.41) is 2.01. The largest absolute Gasteiger partial charge is 0.354 e. The summed E-state index contributed by atoms with van der Waals surface area (Å²) in [7, 11) is -1.67. The van der Waals surface area contributed by atoms with Crippen LogP contribution in [0.4, 0.5) is 5.82 Å². The molecule has 0 radical (unpaired) electrons. The third-order valence-corrected chi connectivity index (χ3v) is 7.61. The van der Waals surface area contributed by atoms with Gasteiger partial charge in [0.05, 0.1) is 16.0 Å². The van der Waals surface area contributed by atoms with Gasteiger partial charge in [0, 0.05) is 26.2 Å². The summed E-state index contributed by atoms with van der Waals surface area (Å²) >= 11 is 1.62. The van der Waals surface area contributed by atoms with Crippen LogP contribution in [-0.4, -0.2) is 48.9 Å². The van der Waals surface area contributed by atoms with Gasteiger partial charge in [-0.25, -0.2) is 18.4 Å². The van der Waals surface area contributed by atoms with E-state index in [4.69, 9.17) is 0 Å². The van der Waals surface area contributed by atoms with E-state index in [0.717, 1.165) is 34.6 Å². The Labute approximate surface area is 157 Å². The lowest BCUT2D eigenvalue weighted by Crippen LogP contribution is -2.39. The van der Waals surface area contributed by atoms with E-state index in [1.807, 2.05) is 41.8 Å². The Morgan fingerprint density at radius 1 is 1.23 bits per heavy atom. The molecule has 1 aliphatic heterocycles. The minimum Gasteiger partial charge on any atom is -0.354 e. The van der Waals surface area contributed by atoms with E-state index in [-0.39, 0.29) is 11.8 Å². The monoisotopic (exact) mass is 388 g/mol. The summed E-state index contributed by atoms with van der Waals surface area (Å²) < 4.78 is 28.2. The number of likely N-dealkylation sites (N-methyl/N-ethyl adjacent to an activating group) is 1. The molecule has 1 fully saturated rings. The van der Waals surface area contributed by atoms with Gasteiger partial charge in [-0.05, 0) is 23.4 Å². The molecule has 0 spiro atoms. The molecule has 4 rings (SSSR count). The van der Waals surface area contributed by atoms with Crippen LogP contribution in [0, 0.1) is 0 Å². The maximum atomic E-state index is 12.8. The van der Waals surface area contributed by atoms with Gasteiger partial charge in [0.15, 0.2) is 0 Å². The van der Waals surface area contributed by atoms with Crippen molar-refractivity contribution in [2.45, 2.75) is 18.2 Å². The normalized spacial score (nSPS) is 18.1. The topological polar surface area (TPSA) is 66.4 Å². The average molecular weight is 389 g/mol. The Morgan fingerprint density at radius 3 is 2.85 bits per heavy atom. The predicted molar refractivity (Wildman–Crippen MR) is 105 cm³/mol. The van der Waals surface area contributed by atoms with E-state index < -0.39 is 10.0 Å². The molecule has 1 unspecified atom stereocenters. The number of hydrogen-bond acceptors (Lipinski definition) is 6. The fourth-order valence-electron chi connectivity index (χ4n) is 3.35. The van der Waals surface area contributed by atoms with Crippen molar-refractivity contribution in [1.82, 2.24) is 14.3 Å². The van der Waals surface area contributed by atoms with Gasteiger partial charge < -0.3 is 4.90 Å². The van der Waals surface area contributed by atoms with Crippen molar-refractivity contribution in [2.75, 3.05) is 25.0 Å². The number of anilines is 1. The average Bonchev–Trinajstić information content (AvgIpc) is 3.30.